The maximum absolute atomic E-state index is 10.4. The van der Waals surface area contributed by atoms with Gasteiger partial charge in [0.05, 0.1) is 0 Å². The fourth-order valence-electron chi connectivity index (χ4n) is 0.427. The third-order valence-electron chi connectivity index (χ3n) is 0.925. The van der Waals surface area contributed by atoms with Crippen LogP contribution in [0.4, 0.5) is 0 Å². The van der Waals surface area contributed by atoms with E-state index in [4.69, 9.17) is 46.4 Å². The molecule has 10 heavy (non-hydrogen) atoms. The van der Waals surface area contributed by atoms with Crippen molar-refractivity contribution in [3.63, 3.8) is 0 Å². The summed E-state index contributed by atoms with van der Waals surface area (Å²) < 4.78 is -1.38. The molecule has 0 aromatic heterocycles. The van der Waals surface area contributed by atoms with E-state index >= 15 is 0 Å². The van der Waals surface area contributed by atoms with Crippen LogP contribution < -0.4 is 0 Å². The van der Waals surface area contributed by atoms with Gasteiger partial charge in [0, 0.05) is 12.3 Å². The summed E-state index contributed by atoms with van der Waals surface area (Å²) in [5.41, 5.74) is 0. The summed E-state index contributed by atoms with van der Waals surface area (Å²) in [6, 6.07) is 0. The second-order valence-electron chi connectivity index (χ2n) is 2.02. The van der Waals surface area contributed by atoms with E-state index in [1.54, 1.807) is 6.92 Å². The Morgan fingerprint density at radius 1 is 1.50 bits per heavy atom. The Kier molecular flexibility index (Phi) is 4.34. The molecule has 0 saturated carbocycles. The Labute approximate surface area is 79.6 Å². The normalized spacial score (nSPS) is 14.9. The van der Waals surface area contributed by atoms with Gasteiger partial charge in [-0.25, -0.2) is 0 Å². The lowest BCUT2D eigenvalue weighted by atomic mass is 10.1. The first-order valence-electron chi connectivity index (χ1n) is 2.59. The summed E-state index contributed by atoms with van der Waals surface area (Å²) in [6.45, 7) is 1.61. The number of alkyl halides is 3. The van der Waals surface area contributed by atoms with E-state index in [0.717, 1.165) is 0 Å². The topological polar surface area (TPSA) is 17.1 Å². The van der Waals surface area contributed by atoms with Crippen molar-refractivity contribution in [2.45, 2.75) is 17.1 Å². The smallest absolute Gasteiger partial charge is 0.224 e. The minimum absolute atomic E-state index is 0.153. The Morgan fingerprint density at radius 2 is 1.90 bits per heavy atom. The Hall–Kier alpha value is 0.830. The van der Waals surface area contributed by atoms with Gasteiger partial charge >= 0.3 is 0 Å². The molecule has 0 heterocycles. The fraction of sp³-hybridized carbons (Fsp3) is 0.800. The van der Waals surface area contributed by atoms with Crippen molar-refractivity contribution in [1.82, 2.24) is 0 Å². The highest BCUT2D eigenvalue weighted by Crippen LogP contribution is 2.33. The molecule has 1 unspecified atom stereocenters. The van der Waals surface area contributed by atoms with Crippen molar-refractivity contribution in [2.75, 3.05) is 0 Å². The molecule has 0 bridgehead atoms. The van der Waals surface area contributed by atoms with E-state index in [1.807, 2.05) is 0 Å². The molecule has 0 aliphatic heterocycles. The summed E-state index contributed by atoms with van der Waals surface area (Å²) in [7, 11) is 0. The maximum atomic E-state index is 10.4. The number of halogens is 4. The lowest BCUT2D eigenvalue weighted by Gasteiger charge is -2.12. The minimum atomic E-state index is -1.38. The van der Waals surface area contributed by atoms with E-state index in [-0.39, 0.29) is 6.42 Å². The number of carbonyl (C=O) groups excluding carboxylic acids is 1. The molecule has 0 aromatic carbocycles. The third kappa shape index (κ3) is 5.60. The second kappa shape index (κ2) is 4.01. The van der Waals surface area contributed by atoms with Crippen LogP contribution in [0, 0.1) is 5.92 Å². The lowest BCUT2D eigenvalue weighted by Crippen LogP contribution is -2.13. The Morgan fingerprint density at radius 3 is 2.00 bits per heavy atom. The van der Waals surface area contributed by atoms with Crippen LogP contribution in [0.15, 0.2) is 0 Å². The van der Waals surface area contributed by atoms with Crippen LogP contribution in [0.5, 0.6) is 0 Å². The molecular weight excluding hydrogens is 218 g/mol. The summed E-state index contributed by atoms with van der Waals surface area (Å²) in [6.07, 6.45) is 0.153. The van der Waals surface area contributed by atoms with Crippen LogP contribution in [-0.4, -0.2) is 9.03 Å². The van der Waals surface area contributed by atoms with Gasteiger partial charge in [0.25, 0.3) is 0 Å². The second-order valence-corrected chi connectivity index (χ2v) is 4.91. The summed E-state index contributed by atoms with van der Waals surface area (Å²) in [4.78, 5) is 10.4. The van der Waals surface area contributed by atoms with Crippen molar-refractivity contribution >= 4 is 51.6 Å². The van der Waals surface area contributed by atoms with Gasteiger partial charge in [-0.1, -0.05) is 41.7 Å². The van der Waals surface area contributed by atoms with Gasteiger partial charge in [-0.15, -0.1) is 0 Å². The van der Waals surface area contributed by atoms with Crippen molar-refractivity contribution < 1.29 is 4.79 Å². The van der Waals surface area contributed by atoms with Gasteiger partial charge in [0.2, 0.25) is 5.24 Å². The largest absolute Gasteiger partial charge is 0.281 e. The highest BCUT2D eigenvalue weighted by molar-refractivity contribution is 6.68. The maximum Gasteiger partial charge on any atom is 0.224 e. The van der Waals surface area contributed by atoms with Crippen LogP contribution in [0.1, 0.15) is 13.3 Å². The molecule has 1 atom stereocenters. The predicted molar refractivity (Wildman–Crippen MR) is 44.9 cm³/mol. The first-order valence-corrected chi connectivity index (χ1v) is 4.10. The molecule has 0 amide bonds. The number of hydrogen-bond donors (Lipinski definition) is 0. The molecule has 0 spiro atoms. The molecule has 0 fully saturated rings. The van der Waals surface area contributed by atoms with E-state index < -0.39 is 15.0 Å². The molecule has 0 saturated heterocycles. The Bertz CT molecular complexity index is 128. The molecule has 0 aliphatic carbocycles. The third-order valence-corrected chi connectivity index (χ3v) is 1.76. The highest BCUT2D eigenvalue weighted by atomic mass is 35.6. The molecule has 0 aromatic rings. The molecular formula is C5H6Cl4O. The van der Waals surface area contributed by atoms with Crippen molar-refractivity contribution in [3.8, 4) is 0 Å². The van der Waals surface area contributed by atoms with Gasteiger partial charge < -0.3 is 0 Å². The van der Waals surface area contributed by atoms with Crippen LogP contribution in [0.3, 0.4) is 0 Å². The van der Waals surface area contributed by atoms with E-state index in [1.165, 1.54) is 0 Å². The molecule has 60 valence electrons. The Balaban J connectivity index is 3.80. The zero-order valence-corrected chi connectivity index (χ0v) is 8.23. The quantitative estimate of drug-likeness (QED) is 0.520. The monoisotopic (exact) mass is 222 g/mol. The van der Waals surface area contributed by atoms with E-state index in [0.29, 0.717) is 0 Å². The van der Waals surface area contributed by atoms with Crippen molar-refractivity contribution in [3.05, 3.63) is 0 Å². The summed E-state index contributed by atoms with van der Waals surface area (Å²) in [5, 5.41) is -0.480. The van der Waals surface area contributed by atoms with Gasteiger partial charge in [-0.3, -0.25) is 4.79 Å². The summed E-state index contributed by atoms with van der Waals surface area (Å²) in [5.74, 6) is -0.408. The van der Waals surface area contributed by atoms with Gasteiger partial charge in [0.1, 0.15) is 0 Å². The predicted octanol–water partition coefficient (Wildman–Crippen LogP) is 3.15. The van der Waals surface area contributed by atoms with Crippen molar-refractivity contribution in [1.29, 1.82) is 0 Å². The van der Waals surface area contributed by atoms with Crippen molar-refractivity contribution in [2.24, 2.45) is 5.92 Å². The van der Waals surface area contributed by atoms with Crippen LogP contribution in [-0.2, 0) is 4.79 Å². The first kappa shape index (κ1) is 10.8. The van der Waals surface area contributed by atoms with E-state index in [2.05, 4.69) is 0 Å². The molecule has 0 N–H and O–H groups in total. The fourth-order valence-corrected chi connectivity index (χ4v) is 1.20. The zero-order chi connectivity index (χ0) is 8.36. The number of carbonyl (C=O) groups is 1. The standard InChI is InChI=1S/C5H6Cl4O/c1-3(4(6)10)2-5(7,8)9/h3H,2H2,1H3. The number of hydrogen-bond acceptors (Lipinski definition) is 1. The molecule has 0 radical (unpaired) electrons. The lowest BCUT2D eigenvalue weighted by molar-refractivity contribution is -0.114. The molecule has 1 nitrogen and oxygen atoms in total. The van der Waals surface area contributed by atoms with Crippen LogP contribution in [0.2, 0.25) is 0 Å². The van der Waals surface area contributed by atoms with Crippen LogP contribution >= 0.6 is 46.4 Å². The van der Waals surface area contributed by atoms with Gasteiger partial charge in [-0.05, 0) is 11.6 Å². The van der Waals surface area contributed by atoms with Crippen LogP contribution in [0.25, 0.3) is 0 Å². The molecule has 0 rings (SSSR count). The van der Waals surface area contributed by atoms with E-state index in [9.17, 15) is 4.79 Å². The minimum Gasteiger partial charge on any atom is -0.281 e. The SMILES string of the molecule is CC(CC(Cl)(Cl)Cl)C(=O)Cl. The number of rotatable bonds is 2. The van der Waals surface area contributed by atoms with Gasteiger partial charge in [0.15, 0.2) is 3.79 Å². The zero-order valence-electron chi connectivity index (χ0n) is 5.20. The van der Waals surface area contributed by atoms with Gasteiger partial charge in [-0.2, -0.15) is 0 Å². The first-order chi connectivity index (χ1) is 4.33. The highest BCUT2D eigenvalue weighted by Gasteiger charge is 2.25. The average molecular weight is 224 g/mol. The molecule has 5 heteroatoms. The summed E-state index contributed by atoms with van der Waals surface area (Å²) >= 11 is 21.3. The molecule has 0 aliphatic rings. The average Bonchev–Trinajstić information content (AvgIpc) is 1.60.